The van der Waals surface area contributed by atoms with Crippen LogP contribution >= 0.6 is 0 Å². The first-order valence-electron chi connectivity index (χ1n) is 5.41. The first-order chi connectivity index (χ1) is 8.43. The Kier molecular flexibility index (Phi) is 4.47. The molecule has 0 aromatic carbocycles. The van der Waals surface area contributed by atoms with Crippen LogP contribution in [0.1, 0.15) is 36.3 Å². The summed E-state index contributed by atoms with van der Waals surface area (Å²) >= 11 is 0. The number of carbonyl (C=O) groups is 2. The average molecular weight is 251 g/mol. The fourth-order valence-corrected chi connectivity index (χ4v) is 1.41. The minimum Gasteiger partial charge on any atom is -0.358 e. The van der Waals surface area contributed by atoms with Gasteiger partial charge in [-0.25, -0.2) is 0 Å². The van der Waals surface area contributed by atoms with Crippen molar-refractivity contribution in [2.75, 3.05) is 0 Å². The fourth-order valence-electron chi connectivity index (χ4n) is 1.41. The smallest absolute Gasteiger partial charge is 0.358 e. The third kappa shape index (κ3) is 3.62. The van der Waals surface area contributed by atoms with Gasteiger partial charge in [0.05, 0.1) is 5.56 Å². The highest BCUT2D eigenvalue weighted by Gasteiger charge is 2.17. The Balaban J connectivity index is 3.13. The van der Waals surface area contributed by atoms with Gasteiger partial charge in [-0.15, -0.1) is 0 Å². The molecular formula is C11H13N3O4. The largest absolute Gasteiger partial charge is 0.364 e. The molecule has 1 aromatic heterocycles. The Bertz CT molecular complexity index is 499. The molecule has 0 saturated heterocycles. The molecule has 1 rings (SSSR count). The molecular weight excluding hydrogens is 238 g/mol. The Labute approximate surface area is 103 Å². The number of nitrogens with one attached hydrogen (secondary N) is 1. The first kappa shape index (κ1) is 13.8. The molecule has 0 atom stereocenters. The summed E-state index contributed by atoms with van der Waals surface area (Å²) in [6.07, 6.45) is 1.28. The zero-order valence-electron chi connectivity index (χ0n) is 10.1. The Hall–Kier alpha value is -2.31. The van der Waals surface area contributed by atoms with Crippen LogP contribution in [0.25, 0.3) is 0 Å². The summed E-state index contributed by atoms with van der Waals surface area (Å²) in [6, 6.07) is 2.51. The van der Waals surface area contributed by atoms with E-state index in [4.69, 9.17) is 0 Å². The van der Waals surface area contributed by atoms with E-state index in [-0.39, 0.29) is 5.56 Å². The number of amides is 2. The molecule has 0 saturated carbocycles. The van der Waals surface area contributed by atoms with Crippen molar-refractivity contribution in [3.8, 4) is 0 Å². The van der Waals surface area contributed by atoms with Crippen molar-refractivity contribution in [1.29, 1.82) is 0 Å². The lowest BCUT2D eigenvalue weighted by Crippen LogP contribution is -2.28. The fraction of sp³-hybridized carbons (Fsp3) is 0.364. The van der Waals surface area contributed by atoms with Crippen LogP contribution in [-0.2, 0) is 11.2 Å². The molecule has 0 radical (unpaired) electrons. The van der Waals surface area contributed by atoms with Crippen LogP contribution in [-0.4, -0.2) is 21.7 Å². The van der Waals surface area contributed by atoms with Gasteiger partial charge in [0, 0.05) is 19.4 Å². The zero-order chi connectivity index (χ0) is 13.7. The van der Waals surface area contributed by atoms with Gasteiger partial charge in [-0.3, -0.25) is 14.9 Å². The molecule has 0 aliphatic carbocycles. The van der Waals surface area contributed by atoms with Crippen molar-refractivity contribution < 1.29 is 14.5 Å². The van der Waals surface area contributed by atoms with E-state index in [1.807, 2.05) is 6.92 Å². The second-order valence-corrected chi connectivity index (χ2v) is 3.72. The number of rotatable bonds is 4. The van der Waals surface area contributed by atoms with E-state index in [0.717, 1.165) is 12.5 Å². The summed E-state index contributed by atoms with van der Waals surface area (Å²) < 4.78 is 0. The minimum absolute atomic E-state index is 0.0651. The molecule has 0 unspecified atom stereocenters. The molecule has 1 heterocycles. The molecule has 0 bridgehead atoms. The van der Waals surface area contributed by atoms with E-state index < -0.39 is 22.6 Å². The number of nitro groups is 1. The summed E-state index contributed by atoms with van der Waals surface area (Å²) in [5.74, 6) is -1.57. The van der Waals surface area contributed by atoms with Gasteiger partial charge in [-0.05, 0) is 22.4 Å². The molecule has 0 fully saturated rings. The summed E-state index contributed by atoms with van der Waals surface area (Å²) in [5, 5.41) is 12.8. The van der Waals surface area contributed by atoms with Crippen LogP contribution in [0.4, 0.5) is 5.82 Å². The SMILES string of the molecule is CCCc1cc(C(=O)NC(C)=O)cc([N+](=O)[O-])n1. The molecule has 0 spiro atoms. The summed E-state index contributed by atoms with van der Waals surface area (Å²) in [6.45, 7) is 3.09. The van der Waals surface area contributed by atoms with Gasteiger partial charge in [0.25, 0.3) is 5.91 Å². The van der Waals surface area contributed by atoms with E-state index in [1.54, 1.807) is 0 Å². The van der Waals surface area contributed by atoms with Gasteiger partial charge >= 0.3 is 5.82 Å². The van der Waals surface area contributed by atoms with Crippen molar-refractivity contribution >= 4 is 17.6 Å². The lowest BCUT2D eigenvalue weighted by molar-refractivity contribution is -0.389. The monoisotopic (exact) mass is 251 g/mol. The number of hydrogen-bond donors (Lipinski definition) is 1. The van der Waals surface area contributed by atoms with Gasteiger partial charge in [-0.1, -0.05) is 6.92 Å². The van der Waals surface area contributed by atoms with Crippen molar-refractivity contribution in [2.45, 2.75) is 26.7 Å². The topological polar surface area (TPSA) is 102 Å². The molecule has 7 heteroatoms. The molecule has 96 valence electrons. The van der Waals surface area contributed by atoms with E-state index in [1.165, 1.54) is 13.0 Å². The van der Waals surface area contributed by atoms with Crippen LogP contribution in [0.2, 0.25) is 0 Å². The van der Waals surface area contributed by atoms with Gasteiger partial charge in [0.1, 0.15) is 0 Å². The molecule has 0 aliphatic heterocycles. The Morgan fingerprint density at radius 2 is 2.11 bits per heavy atom. The predicted octanol–water partition coefficient (Wildman–Crippen LogP) is 1.22. The van der Waals surface area contributed by atoms with E-state index in [0.29, 0.717) is 12.1 Å². The normalized spacial score (nSPS) is 9.89. The highest BCUT2D eigenvalue weighted by Crippen LogP contribution is 2.14. The molecule has 2 amide bonds. The maximum absolute atomic E-state index is 11.6. The lowest BCUT2D eigenvalue weighted by Gasteiger charge is -2.02. The number of carbonyl (C=O) groups excluding carboxylic acids is 2. The highest BCUT2D eigenvalue weighted by atomic mass is 16.6. The van der Waals surface area contributed by atoms with Gasteiger partial charge in [0.2, 0.25) is 5.91 Å². The number of aromatic nitrogens is 1. The van der Waals surface area contributed by atoms with E-state index in [2.05, 4.69) is 10.3 Å². The number of pyridine rings is 1. The van der Waals surface area contributed by atoms with Gasteiger partial charge in [-0.2, -0.15) is 0 Å². The molecule has 7 nitrogen and oxygen atoms in total. The molecule has 0 aliphatic rings. The third-order valence-corrected chi connectivity index (χ3v) is 2.11. The second kappa shape index (κ2) is 5.85. The highest BCUT2D eigenvalue weighted by molar-refractivity contribution is 6.04. The van der Waals surface area contributed by atoms with Crippen molar-refractivity contribution in [1.82, 2.24) is 10.3 Å². The molecule has 1 N–H and O–H groups in total. The van der Waals surface area contributed by atoms with Gasteiger partial charge < -0.3 is 10.1 Å². The lowest BCUT2D eigenvalue weighted by atomic mass is 10.1. The first-order valence-corrected chi connectivity index (χ1v) is 5.41. The number of hydrogen-bond acceptors (Lipinski definition) is 5. The summed E-state index contributed by atoms with van der Waals surface area (Å²) in [5.41, 5.74) is 0.524. The summed E-state index contributed by atoms with van der Waals surface area (Å²) in [4.78, 5) is 36.2. The van der Waals surface area contributed by atoms with Crippen molar-refractivity contribution in [3.63, 3.8) is 0 Å². The zero-order valence-corrected chi connectivity index (χ0v) is 10.1. The Morgan fingerprint density at radius 1 is 1.44 bits per heavy atom. The summed E-state index contributed by atoms with van der Waals surface area (Å²) in [7, 11) is 0. The average Bonchev–Trinajstić information content (AvgIpc) is 2.28. The van der Waals surface area contributed by atoms with E-state index >= 15 is 0 Å². The standard InChI is InChI=1S/C11H13N3O4/c1-3-4-9-5-8(11(16)12-7(2)15)6-10(13-9)14(17)18/h5-6H,3-4H2,1-2H3,(H,12,15,16). The number of imide groups is 1. The molecule has 18 heavy (non-hydrogen) atoms. The van der Waals surface area contributed by atoms with Crippen molar-refractivity contribution in [3.05, 3.63) is 33.5 Å². The minimum atomic E-state index is -0.663. The Morgan fingerprint density at radius 3 is 2.61 bits per heavy atom. The van der Waals surface area contributed by atoms with Crippen LogP contribution in [0.3, 0.4) is 0 Å². The number of nitrogens with zero attached hydrogens (tertiary/aromatic N) is 2. The maximum atomic E-state index is 11.6. The second-order valence-electron chi connectivity index (χ2n) is 3.72. The maximum Gasteiger partial charge on any atom is 0.364 e. The van der Waals surface area contributed by atoms with Gasteiger partial charge in [0.15, 0.2) is 5.69 Å². The predicted molar refractivity (Wildman–Crippen MR) is 63.0 cm³/mol. The van der Waals surface area contributed by atoms with Crippen molar-refractivity contribution in [2.24, 2.45) is 0 Å². The van der Waals surface area contributed by atoms with Crippen LogP contribution < -0.4 is 5.32 Å². The number of aryl methyl sites for hydroxylation is 1. The molecule has 1 aromatic rings. The quantitative estimate of drug-likeness (QED) is 0.640. The van der Waals surface area contributed by atoms with E-state index in [9.17, 15) is 19.7 Å². The van der Waals surface area contributed by atoms with Crippen LogP contribution in [0.15, 0.2) is 12.1 Å². The van der Waals surface area contributed by atoms with Crippen LogP contribution in [0.5, 0.6) is 0 Å². The third-order valence-electron chi connectivity index (χ3n) is 2.11. The van der Waals surface area contributed by atoms with Crippen LogP contribution in [0, 0.1) is 10.1 Å².